The Kier molecular flexibility index (Phi) is 13.1. The molecule has 0 unspecified atom stereocenters. The minimum atomic E-state index is -0.346. The van der Waals surface area contributed by atoms with E-state index in [0.29, 0.717) is 130 Å². The Morgan fingerprint density at radius 2 is 0.492 bits per heavy atom. The molecule has 5 heterocycles. The number of halogens is 10. The maximum absolute atomic E-state index is 6.93. The molecule has 4 aromatic carbocycles. The predicted molar refractivity (Wildman–Crippen MR) is 250 cm³/mol. The molecule has 15 heteroatoms. The zero-order valence-electron chi connectivity index (χ0n) is 29.5. The number of benzene rings is 4. The molecule has 7 aromatic rings. The van der Waals surface area contributed by atoms with Crippen molar-refractivity contribution < 1.29 is 15.1 Å². The summed E-state index contributed by atoms with van der Waals surface area (Å²) >= 11 is 55.1. The summed E-state index contributed by atoms with van der Waals surface area (Å²) in [6, 6.07) is 28.8. The van der Waals surface area contributed by atoms with Crippen molar-refractivity contribution in [2.45, 2.75) is 0 Å². The van der Waals surface area contributed by atoms with Gasteiger partial charge in [0.1, 0.15) is 0 Å². The fourth-order valence-electron chi connectivity index (χ4n) is 7.06. The van der Waals surface area contributed by atoms with Crippen molar-refractivity contribution in [3.05, 3.63) is 160 Å². The zero-order chi connectivity index (χ0) is 41.5. The van der Waals surface area contributed by atoms with Gasteiger partial charge < -0.3 is 9.97 Å². The van der Waals surface area contributed by atoms with Crippen LogP contribution in [0.5, 0.6) is 0 Å². The van der Waals surface area contributed by atoms with E-state index >= 15 is 0 Å². The molecule has 0 N–H and O–H groups in total. The van der Waals surface area contributed by atoms with Gasteiger partial charge in [-0.3, -0.25) is 0 Å². The van der Waals surface area contributed by atoms with Gasteiger partial charge in [0.05, 0.1) is 22.8 Å². The summed E-state index contributed by atoms with van der Waals surface area (Å²) in [5.74, 6) is 0. The van der Waals surface area contributed by atoms with Crippen LogP contribution in [0.25, 0.3) is 90.9 Å². The quantitative estimate of drug-likeness (QED) is 0.165. The van der Waals surface area contributed by atoms with Crippen LogP contribution in [0.4, 0.5) is 0 Å². The van der Waals surface area contributed by atoms with Crippen LogP contribution in [0.15, 0.2) is 97.1 Å². The normalized spacial score (nSPS) is 11.8. The van der Waals surface area contributed by atoms with E-state index in [4.69, 9.17) is 132 Å². The number of aromatic nitrogens is 4. The van der Waals surface area contributed by atoms with E-state index < -0.39 is 0 Å². The van der Waals surface area contributed by atoms with Gasteiger partial charge in [-0.25, -0.2) is 9.97 Å². The van der Waals surface area contributed by atoms with Gasteiger partial charge >= 0.3 is 34.5 Å². The molecule has 294 valence electrons. The van der Waals surface area contributed by atoms with E-state index in [1.165, 1.54) is 0 Å². The standard InChI is InChI=1S/C44H20Cl8N4.2ClH.Ru/c45-21-5-1-6-22(46)37(21)41-29-13-15-31(53-29)42(38-23(47)7-2-8-24(38)48)33-17-19-35(55-33)44(40-27(51)11-4-12-28(40)52)36-20-18-34(56-36)43(32-16-14-30(41)54-32)39-25(49)9-3-10-26(39)50;;;/h1-20H;2*1H;/q-2;;;+4/p-2. The van der Waals surface area contributed by atoms with Gasteiger partial charge in [0.15, 0.2) is 0 Å². The van der Waals surface area contributed by atoms with Crippen LogP contribution in [0, 0.1) is 0 Å². The predicted octanol–water partition coefficient (Wildman–Crippen LogP) is 17.2. The Hall–Kier alpha value is -3.00. The number of hydrogen-bond acceptors (Lipinski definition) is 2. The number of rotatable bonds is 4. The molecular weight excluding hydrogens is 1040 g/mol. The van der Waals surface area contributed by atoms with Gasteiger partial charge in [-0.15, -0.1) is 22.1 Å². The summed E-state index contributed by atoms with van der Waals surface area (Å²) in [6.07, 6.45) is 7.53. The van der Waals surface area contributed by atoms with E-state index in [0.717, 1.165) is 0 Å². The third-order valence-electron chi connectivity index (χ3n) is 9.46. The van der Waals surface area contributed by atoms with Gasteiger partial charge in [0, 0.05) is 62.4 Å². The summed E-state index contributed by atoms with van der Waals surface area (Å²) in [7, 11) is 9.71. The van der Waals surface area contributed by atoms with Crippen molar-refractivity contribution in [1.82, 2.24) is 19.9 Å². The molecule has 2 aliphatic heterocycles. The maximum atomic E-state index is 6.93. The number of fused-ring (bicyclic) bond motifs is 8. The van der Waals surface area contributed by atoms with Crippen LogP contribution >= 0.6 is 112 Å². The Labute approximate surface area is 394 Å². The van der Waals surface area contributed by atoms with Gasteiger partial charge in [-0.05, 0) is 95.1 Å². The summed E-state index contributed by atoms with van der Waals surface area (Å²) in [6.45, 7) is 0. The Bertz CT molecular complexity index is 2590. The van der Waals surface area contributed by atoms with E-state index in [2.05, 4.69) is 0 Å². The second-order valence-electron chi connectivity index (χ2n) is 12.8. The van der Waals surface area contributed by atoms with Crippen LogP contribution in [0.3, 0.4) is 0 Å². The summed E-state index contributed by atoms with van der Waals surface area (Å²) in [4.78, 5) is 20.8. The topological polar surface area (TPSA) is 54.0 Å². The second-order valence-corrected chi connectivity index (χ2v) is 18.7. The monoisotopic (exact) mass is 1060 g/mol. The molecule has 0 amide bonds. The van der Waals surface area contributed by atoms with Gasteiger partial charge in [0.25, 0.3) is 0 Å². The molecule has 0 radical (unpaired) electrons. The first-order chi connectivity index (χ1) is 28.5. The van der Waals surface area contributed by atoms with Gasteiger partial charge in [0.2, 0.25) is 0 Å². The van der Waals surface area contributed by atoms with Crippen LogP contribution in [-0.4, -0.2) is 9.97 Å². The average molecular weight is 1060 g/mol. The molecule has 59 heavy (non-hydrogen) atoms. The fraction of sp³-hybridized carbons (Fsp3) is 0. The van der Waals surface area contributed by atoms with Crippen LogP contribution < -0.4 is 9.97 Å². The van der Waals surface area contributed by atoms with E-state index in [-0.39, 0.29) is 15.1 Å². The molecule has 2 aliphatic rings. The summed E-state index contributed by atoms with van der Waals surface area (Å²) < 4.78 is 0. The van der Waals surface area contributed by atoms with Crippen LogP contribution in [-0.2, 0) is 15.1 Å². The van der Waals surface area contributed by atoms with E-state index in [1.807, 2.05) is 48.6 Å². The second kappa shape index (κ2) is 18.2. The van der Waals surface area contributed by atoms with E-state index in [9.17, 15) is 0 Å². The van der Waals surface area contributed by atoms with Crippen molar-refractivity contribution in [1.29, 1.82) is 0 Å². The summed E-state index contributed by atoms with van der Waals surface area (Å²) in [5.41, 5.74) is 8.93. The third kappa shape index (κ3) is 8.23. The molecule has 8 bridgehead atoms. The zero-order valence-corrected chi connectivity index (χ0v) is 38.8. The summed E-state index contributed by atoms with van der Waals surface area (Å²) in [5, 5.41) is 3.32. The van der Waals surface area contributed by atoms with Crippen molar-refractivity contribution in [2.75, 3.05) is 0 Å². The first-order valence-electron chi connectivity index (χ1n) is 17.2. The first kappa shape index (κ1) is 42.7. The van der Waals surface area contributed by atoms with Crippen LogP contribution in [0.2, 0.25) is 40.2 Å². The molecule has 0 aliphatic carbocycles. The molecule has 4 nitrogen and oxygen atoms in total. The molecule has 0 saturated carbocycles. The molecule has 0 saturated heterocycles. The third-order valence-corrected chi connectivity index (χ3v) is 12.0. The Morgan fingerprint density at radius 3 is 0.678 bits per heavy atom. The first-order valence-corrected chi connectivity index (χ1v) is 24.7. The Morgan fingerprint density at radius 1 is 0.305 bits per heavy atom. The van der Waals surface area contributed by atoms with Crippen LogP contribution in [0.1, 0.15) is 22.8 Å². The average Bonchev–Trinajstić information content (AvgIpc) is 4.04. The van der Waals surface area contributed by atoms with Crippen molar-refractivity contribution >= 4 is 159 Å². The molecule has 0 atom stereocenters. The van der Waals surface area contributed by atoms with Crippen molar-refractivity contribution in [3.8, 4) is 44.5 Å². The number of nitrogens with zero attached hydrogens (tertiary/aromatic N) is 4. The van der Waals surface area contributed by atoms with E-state index in [1.54, 1.807) is 72.8 Å². The molecule has 0 fully saturated rings. The molecule has 3 aromatic heterocycles. The fourth-order valence-corrected chi connectivity index (χ4v) is 9.40. The molecule has 9 rings (SSSR count). The Balaban J connectivity index is 0.00000157. The molecular formula is C44H20Cl10N4Ru. The minimum absolute atomic E-state index is 0.346. The molecule has 0 spiro atoms. The number of hydrogen-bond donors (Lipinski definition) is 0. The van der Waals surface area contributed by atoms with Gasteiger partial charge in [-0.2, -0.15) is 0 Å². The van der Waals surface area contributed by atoms with Crippen molar-refractivity contribution in [3.63, 3.8) is 0 Å². The van der Waals surface area contributed by atoms with Gasteiger partial charge in [-0.1, -0.05) is 141 Å². The SMILES string of the molecule is Clc1cccc(Cl)c1-c1c2nc(c(-c3c(Cl)cccc3Cl)c3ccc([n-]3)c(-c3c(Cl)cccc3Cl)c3nc(c(-c4c(Cl)cccc4Cl)c4ccc1[n-]4)C=C3)C=C2.[Cl][Ru+2][Cl]. The van der Waals surface area contributed by atoms with Crippen molar-refractivity contribution in [2.24, 2.45) is 0 Å².